The predicted octanol–water partition coefficient (Wildman–Crippen LogP) is 1.18. The number of carboxylic acids is 1. The maximum atomic E-state index is 10.6. The summed E-state index contributed by atoms with van der Waals surface area (Å²) in [5.74, 6) is -0.0786. The van der Waals surface area contributed by atoms with Crippen LogP contribution >= 0.6 is 23.4 Å². The van der Waals surface area contributed by atoms with Crippen molar-refractivity contribution in [1.82, 2.24) is 0 Å². The maximum Gasteiger partial charge on any atom is 0.319 e. The van der Waals surface area contributed by atoms with Crippen LogP contribution in [0.2, 0.25) is 0 Å². The molecule has 0 radical (unpaired) electrons. The highest BCUT2D eigenvalue weighted by atomic mass is 35.5. The first-order chi connectivity index (χ1) is 5.39. The third-order valence-corrected chi connectivity index (χ3v) is 3.19. The van der Waals surface area contributed by atoms with Crippen molar-refractivity contribution in [3.8, 4) is 0 Å². The molecule has 0 aromatic heterocycles. The molecule has 2 N–H and O–H groups in total. The van der Waals surface area contributed by atoms with E-state index in [0.29, 0.717) is 11.6 Å². The van der Waals surface area contributed by atoms with Crippen molar-refractivity contribution in [2.24, 2.45) is 0 Å². The van der Waals surface area contributed by atoms with Crippen LogP contribution in [0.5, 0.6) is 0 Å². The van der Waals surface area contributed by atoms with Gasteiger partial charge in [-0.1, -0.05) is 0 Å². The molecule has 0 bridgehead atoms. The van der Waals surface area contributed by atoms with Crippen LogP contribution in [0.1, 0.15) is 13.8 Å². The van der Waals surface area contributed by atoms with E-state index in [4.69, 9.17) is 16.7 Å². The summed E-state index contributed by atoms with van der Waals surface area (Å²) in [4.78, 5) is 10.6. The highest BCUT2D eigenvalue weighted by molar-refractivity contribution is 8.00. The number of carboxylic acid groups (broad SMARTS) is 1. The Balaban J connectivity index is 4.15. The van der Waals surface area contributed by atoms with Crippen LogP contribution < -0.4 is 0 Å². The second-order valence-corrected chi connectivity index (χ2v) is 4.52. The summed E-state index contributed by atoms with van der Waals surface area (Å²) in [5, 5.41) is 17.3. The van der Waals surface area contributed by atoms with Gasteiger partial charge < -0.3 is 10.2 Å². The molecule has 3 nitrogen and oxygen atoms in total. The lowest BCUT2D eigenvalue weighted by Crippen LogP contribution is -2.39. The molecule has 0 aliphatic rings. The van der Waals surface area contributed by atoms with Gasteiger partial charge in [-0.3, -0.25) is 4.79 Å². The zero-order chi connectivity index (χ0) is 9.78. The largest absolute Gasteiger partial charge is 0.480 e. The van der Waals surface area contributed by atoms with E-state index in [1.165, 1.54) is 13.8 Å². The van der Waals surface area contributed by atoms with Gasteiger partial charge in [0, 0.05) is 11.6 Å². The fraction of sp³-hybridized carbons (Fsp3) is 0.857. The van der Waals surface area contributed by atoms with Crippen molar-refractivity contribution >= 4 is 29.3 Å². The third-order valence-electron chi connectivity index (χ3n) is 1.23. The molecule has 0 saturated carbocycles. The average molecular weight is 213 g/mol. The van der Waals surface area contributed by atoms with E-state index in [-0.39, 0.29) is 0 Å². The molecule has 0 aromatic carbocycles. The minimum absolute atomic E-state index is 0.393. The first-order valence-electron chi connectivity index (χ1n) is 3.52. The van der Waals surface area contributed by atoms with Gasteiger partial charge in [0.15, 0.2) is 0 Å². The Bertz CT molecular complexity index is 155. The van der Waals surface area contributed by atoms with E-state index >= 15 is 0 Å². The number of aliphatic hydroxyl groups is 1. The molecule has 0 aliphatic heterocycles. The number of carbonyl (C=O) groups is 1. The van der Waals surface area contributed by atoms with E-state index < -0.39 is 16.8 Å². The normalized spacial score (nSPS) is 14.3. The fourth-order valence-corrected chi connectivity index (χ4v) is 1.88. The highest BCUT2D eigenvalue weighted by Gasteiger charge is 2.33. The zero-order valence-electron chi connectivity index (χ0n) is 7.08. The van der Waals surface area contributed by atoms with Gasteiger partial charge in [-0.15, -0.1) is 23.4 Å². The smallest absolute Gasteiger partial charge is 0.319 e. The molecule has 5 heteroatoms. The summed E-state index contributed by atoms with van der Waals surface area (Å²) in [6.07, 6.45) is 0. The zero-order valence-corrected chi connectivity index (χ0v) is 8.65. The van der Waals surface area contributed by atoms with Crippen LogP contribution in [0.25, 0.3) is 0 Å². The fourth-order valence-electron chi connectivity index (χ4n) is 0.740. The number of alkyl halides is 1. The van der Waals surface area contributed by atoms with Gasteiger partial charge >= 0.3 is 5.97 Å². The number of halogens is 1. The van der Waals surface area contributed by atoms with Crippen molar-refractivity contribution in [2.75, 3.05) is 11.6 Å². The van der Waals surface area contributed by atoms with E-state index in [1.54, 1.807) is 0 Å². The molecule has 0 heterocycles. The summed E-state index contributed by atoms with van der Waals surface area (Å²) in [7, 11) is 0. The number of thioether (sulfide) groups is 1. The topological polar surface area (TPSA) is 57.5 Å². The second kappa shape index (κ2) is 4.94. The van der Waals surface area contributed by atoms with Crippen LogP contribution in [0.15, 0.2) is 0 Å². The van der Waals surface area contributed by atoms with Crippen molar-refractivity contribution in [3.63, 3.8) is 0 Å². The maximum absolute atomic E-state index is 10.6. The van der Waals surface area contributed by atoms with Gasteiger partial charge in [-0.2, -0.15) is 0 Å². The molecule has 72 valence electrons. The lowest BCUT2D eigenvalue weighted by molar-refractivity contribution is -0.140. The molecule has 0 amide bonds. The van der Waals surface area contributed by atoms with Crippen LogP contribution in [0.4, 0.5) is 0 Å². The molecule has 0 aliphatic carbocycles. The summed E-state index contributed by atoms with van der Waals surface area (Å²) < 4.78 is 0. The van der Waals surface area contributed by atoms with Gasteiger partial charge in [0.1, 0.15) is 5.25 Å². The molecular weight excluding hydrogens is 200 g/mol. The van der Waals surface area contributed by atoms with E-state index in [0.717, 1.165) is 11.8 Å². The van der Waals surface area contributed by atoms with Crippen molar-refractivity contribution in [2.45, 2.75) is 24.7 Å². The Hall–Kier alpha value is 0.0700. The Labute approximate surface area is 81.1 Å². The van der Waals surface area contributed by atoms with Crippen molar-refractivity contribution in [3.05, 3.63) is 0 Å². The molecule has 0 spiro atoms. The van der Waals surface area contributed by atoms with Gasteiger partial charge in [0.25, 0.3) is 0 Å². The third kappa shape index (κ3) is 4.18. The van der Waals surface area contributed by atoms with E-state index in [2.05, 4.69) is 0 Å². The van der Waals surface area contributed by atoms with Crippen LogP contribution in [0.3, 0.4) is 0 Å². The molecule has 0 aromatic rings. The highest BCUT2D eigenvalue weighted by Crippen LogP contribution is 2.23. The lowest BCUT2D eigenvalue weighted by Gasteiger charge is -2.24. The SMILES string of the molecule is CC(C)(O)C(SCCCl)C(=O)O. The Morgan fingerprint density at radius 2 is 2.17 bits per heavy atom. The minimum Gasteiger partial charge on any atom is -0.480 e. The van der Waals surface area contributed by atoms with Gasteiger partial charge in [0.2, 0.25) is 0 Å². The Morgan fingerprint density at radius 1 is 1.67 bits per heavy atom. The van der Waals surface area contributed by atoms with Gasteiger partial charge in [0.05, 0.1) is 5.60 Å². The second-order valence-electron chi connectivity index (χ2n) is 2.93. The summed E-state index contributed by atoms with van der Waals surface area (Å²) >= 11 is 6.56. The lowest BCUT2D eigenvalue weighted by atomic mass is 10.1. The Morgan fingerprint density at radius 3 is 2.42 bits per heavy atom. The summed E-state index contributed by atoms with van der Waals surface area (Å²) in [6, 6.07) is 0. The minimum atomic E-state index is -1.21. The Kier molecular flexibility index (Phi) is 4.97. The average Bonchev–Trinajstić information content (AvgIpc) is 1.84. The van der Waals surface area contributed by atoms with Crippen molar-refractivity contribution in [1.29, 1.82) is 0 Å². The monoisotopic (exact) mass is 212 g/mol. The number of rotatable bonds is 5. The number of hydrogen-bond donors (Lipinski definition) is 2. The molecule has 1 unspecified atom stereocenters. The molecule has 0 saturated heterocycles. The summed E-state index contributed by atoms with van der Waals surface area (Å²) in [5.41, 5.74) is -1.21. The molecule has 0 fully saturated rings. The van der Waals surface area contributed by atoms with Gasteiger partial charge in [-0.05, 0) is 13.8 Å². The standard InChI is InChI=1S/C7H13ClO3S/c1-7(2,11)5(6(9)10)12-4-3-8/h5,11H,3-4H2,1-2H3,(H,9,10). The first-order valence-corrected chi connectivity index (χ1v) is 5.10. The van der Waals surface area contributed by atoms with E-state index in [1.807, 2.05) is 0 Å². The molecule has 1 atom stereocenters. The number of aliphatic carboxylic acids is 1. The quantitative estimate of drug-likeness (QED) is 0.672. The summed E-state index contributed by atoms with van der Waals surface area (Å²) in [6.45, 7) is 2.96. The number of hydrogen-bond acceptors (Lipinski definition) is 3. The van der Waals surface area contributed by atoms with E-state index in [9.17, 15) is 9.90 Å². The molecule has 0 rings (SSSR count). The molecular formula is C7H13ClO3S. The van der Waals surface area contributed by atoms with Crippen molar-refractivity contribution < 1.29 is 15.0 Å². The van der Waals surface area contributed by atoms with Crippen LogP contribution in [0, 0.1) is 0 Å². The molecule has 12 heavy (non-hydrogen) atoms. The first kappa shape index (κ1) is 12.1. The van der Waals surface area contributed by atoms with Gasteiger partial charge in [-0.25, -0.2) is 0 Å². The van der Waals surface area contributed by atoms with Crippen LogP contribution in [-0.4, -0.2) is 38.7 Å². The predicted molar refractivity (Wildman–Crippen MR) is 50.9 cm³/mol. The van der Waals surface area contributed by atoms with Crippen LogP contribution in [-0.2, 0) is 4.79 Å².